The number of anilines is 1. The molecular weight excluding hydrogens is 384 g/mol. The molecule has 1 atom stereocenters. The second-order valence-corrected chi connectivity index (χ2v) is 8.41. The number of aryl methyl sites for hydroxylation is 2. The third kappa shape index (κ3) is 3.49. The van der Waals surface area contributed by atoms with Crippen LogP contribution in [0.3, 0.4) is 0 Å². The van der Waals surface area contributed by atoms with Gasteiger partial charge in [0.25, 0.3) is 0 Å². The minimum atomic E-state index is -1.03. The van der Waals surface area contributed by atoms with Crippen LogP contribution >= 0.6 is 12.1 Å². The third-order valence-electron chi connectivity index (χ3n) is 6.11. The molecule has 1 fully saturated rings. The standard InChI is InChI=1S/C22H30N4O2S/c1-4-8-19(23-3)22(21(27)28-5-2)14-26(25-29-24-22)20-17-11-6-9-15(17)13-16-10-7-12-18(16)20/h4,8,13,24-25H,5-7,9-12,14H2,1-3H3/b8-4-,23-19?. The Bertz CT molecular complexity index is 835. The fourth-order valence-corrected chi connectivity index (χ4v) is 5.61. The predicted octanol–water partition coefficient (Wildman–Crippen LogP) is 3.09. The lowest BCUT2D eigenvalue weighted by Gasteiger charge is -2.43. The van der Waals surface area contributed by atoms with Crippen LogP contribution in [-0.2, 0) is 35.2 Å². The van der Waals surface area contributed by atoms with Crippen molar-refractivity contribution < 1.29 is 9.53 Å². The molecule has 0 spiro atoms. The van der Waals surface area contributed by atoms with Gasteiger partial charge in [0.15, 0.2) is 5.54 Å². The lowest BCUT2D eigenvalue weighted by Crippen LogP contribution is -2.68. The normalized spacial score (nSPS) is 24.1. The number of nitrogens with zero attached hydrogens (tertiary/aromatic N) is 2. The summed E-state index contributed by atoms with van der Waals surface area (Å²) in [5, 5.41) is 2.17. The lowest BCUT2D eigenvalue weighted by molar-refractivity contribution is -0.147. The van der Waals surface area contributed by atoms with Crippen LogP contribution in [0.25, 0.3) is 0 Å². The van der Waals surface area contributed by atoms with Gasteiger partial charge in [0.1, 0.15) is 0 Å². The van der Waals surface area contributed by atoms with E-state index in [2.05, 4.69) is 25.6 Å². The van der Waals surface area contributed by atoms with E-state index in [-0.39, 0.29) is 5.97 Å². The highest BCUT2D eigenvalue weighted by Gasteiger charge is 2.49. The van der Waals surface area contributed by atoms with Crippen LogP contribution in [0.1, 0.15) is 48.9 Å². The Morgan fingerprint density at radius 3 is 2.55 bits per heavy atom. The number of allylic oxidation sites excluding steroid dienone is 1. The fourth-order valence-electron chi connectivity index (χ4n) is 4.87. The van der Waals surface area contributed by atoms with E-state index in [0.717, 1.165) is 25.7 Å². The largest absolute Gasteiger partial charge is 0.464 e. The quantitative estimate of drug-likeness (QED) is 0.439. The van der Waals surface area contributed by atoms with Gasteiger partial charge >= 0.3 is 5.97 Å². The summed E-state index contributed by atoms with van der Waals surface area (Å²) in [5.41, 5.74) is 6.78. The summed E-state index contributed by atoms with van der Waals surface area (Å²) in [5.74, 6) is -0.290. The van der Waals surface area contributed by atoms with Gasteiger partial charge in [0.2, 0.25) is 0 Å². The van der Waals surface area contributed by atoms with Crippen LogP contribution < -0.4 is 14.6 Å². The molecule has 1 heterocycles. The Morgan fingerprint density at radius 2 is 1.97 bits per heavy atom. The Hall–Kier alpha value is -1.83. The van der Waals surface area contributed by atoms with Crippen LogP contribution in [0.2, 0.25) is 0 Å². The molecule has 1 unspecified atom stereocenters. The van der Waals surface area contributed by atoms with Crippen molar-refractivity contribution in [1.82, 2.24) is 9.55 Å². The molecule has 1 aromatic carbocycles. The highest BCUT2D eigenvalue weighted by molar-refractivity contribution is 7.95. The first-order valence-electron chi connectivity index (χ1n) is 10.5. The van der Waals surface area contributed by atoms with E-state index in [1.165, 1.54) is 52.9 Å². The van der Waals surface area contributed by atoms with E-state index in [4.69, 9.17) is 4.74 Å². The summed E-state index contributed by atoms with van der Waals surface area (Å²) in [6.45, 7) is 4.54. The number of benzene rings is 1. The van der Waals surface area contributed by atoms with E-state index in [9.17, 15) is 4.79 Å². The molecule has 0 bridgehead atoms. The Labute approximate surface area is 177 Å². The molecule has 3 aliphatic rings. The minimum Gasteiger partial charge on any atom is -0.464 e. The van der Waals surface area contributed by atoms with Crippen molar-refractivity contribution in [2.75, 3.05) is 25.2 Å². The molecule has 6 nitrogen and oxygen atoms in total. The number of esters is 1. The van der Waals surface area contributed by atoms with Gasteiger partial charge < -0.3 is 4.74 Å². The van der Waals surface area contributed by atoms with Crippen LogP contribution in [0.15, 0.2) is 23.2 Å². The van der Waals surface area contributed by atoms with Crippen LogP contribution in [0, 0.1) is 0 Å². The number of carbonyl (C=O) groups is 1. The third-order valence-corrected chi connectivity index (χ3v) is 6.88. The molecule has 1 aliphatic heterocycles. The molecular formula is C22H30N4O2S. The van der Waals surface area contributed by atoms with Crippen molar-refractivity contribution in [3.05, 3.63) is 40.5 Å². The van der Waals surface area contributed by atoms with Gasteiger partial charge in [-0.1, -0.05) is 12.1 Å². The molecule has 0 amide bonds. The van der Waals surface area contributed by atoms with Gasteiger partial charge in [0.05, 0.1) is 24.6 Å². The van der Waals surface area contributed by atoms with E-state index < -0.39 is 5.54 Å². The summed E-state index contributed by atoms with van der Waals surface area (Å²) in [6, 6.07) is 2.43. The van der Waals surface area contributed by atoms with Gasteiger partial charge in [-0.05, 0) is 80.7 Å². The average molecular weight is 415 g/mol. The summed E-state index contributed by atoms with van der Waals surface area (Å²) >= 11 is 1.33. The Kier molecular flexibility index (Phi) is 5.99. The molecule has 2 N–H and O–H groups in total. The molecule has 4 rings (SSSR count). The zero-order chi connectivity index (χ0) is 20.4. The highest BCUT2D eigenvalue weighted by Crippen LogP contribution is 2.41. The van der Waals surface area contributed by atoms with Crippen LogP contribution in [-0.4, -0.2) is 37.4 Å². The molecule has 1 saturated heterocycles. The summed E-state index contributed by atoms with van der Waals surface area (Å²) < 4.78 is 8.79. The number of carbonyl (C=O) groups excluding carboxylic acids is 1. The predicted molar refractivity (Wildman–Crippen MR) is 119 cm³/mol. The summed E-state index contributed by atoms with van der Waals surface area (Å²) in [6.07, 6.45) is 10.7. The van der Waals surface area contributed by atoms with Gasteiger partial charge in [-0.2, -0.15) is 4.83 Å². The van der Waals surface area contributed by atoms with Gasteiger partial charge in [-0.25, -0.2) is 9.52 Å². The van der Waals surface area contributed by atoms with E-state index in [0.29, 0.717) is 18.9 Å². The van der Waals surface area contributed by atoms with Crippen molar-refractivity contribution in [3.63, 3.8) is 0 Å². The molecule has 29 heavy (non-hydrogen) atoms. The van der Waals surface area contributed by atoms with Crippen LogP contribution in [0.5, 0.6) is 0 Å². The number of hydrogen-bond donors (Lipinski definition) is 2. The highest BCUT2D eigenvalue weighted by atomic mass is 32.2. The molecule has 2 aliphatic carbocycles. The number of nitrogens with one attached hydrogen (secondary N) is 2. The smallest absolute Gasteiger partial charge is 0.335 e. The molecule has 0 saturated carbocycles. The minimum absolute atomic E-state index is 0.290. The first-order chi connectivity index (χ1) is 14.1. The summed E-state index contributed by atoms with van der Waals surface area (Å²) in [4.78, 5) is 21.0. The zero-order valence-corrected chi connectivity index (χ0v) is 18.3. The van der Waals surface area contributed by atoms with Gasteiger partial charge in [0, 0.05) is 19.2 Å². The molecule has 156 valence electrons. The first kappa shape index (κ1) is 20.4. The SMILES string of the molecule is C/C=C\C(=NC)C1(C(=O)OCC)CN(c2c3c(cc4c2CCC4)CCC3)NSN1. The van der Waals surface area contributed by atoms with Crippen molar-refractivity contribution in [2.24, 2.45) is 4.99 Å². The summed E-state index contributed by atoms with van der Waals surface area (Å²) in [7, 11) is 1.73. The Morgan fingerprint density at radius 1 is 1.28 bits per heavy atom. The number of hydrogen-bond acceptors (Lipinski definition) is 7. The molecule has 0 aromatic heterocycles. The Balaban J connectivity index is 1.79. The van der Waals surface area contributed by atoms with Crippen molar-refractivity contribution in [1.29, 1.82) is 0 Å². The van der Waals surface area contributed by atoms with Gasteiger partial charge in [-0.3, -0.25) is 10.0 Å². The number of fused-ring (bicyclic) bond motifs is 2. The van der Waals surface area contributed by atoms with Gasteiger partial charge in [-0.15, -0.1) is 0 Å². The number of aliphatic imine (C=N–C) groups is 1. The second-order valence-electron chi connectivity index (χ2n) is 7.82. The number of rotatable bonds is 5. The first-order valence-corrected chi connectivity index (χ1v) is 11.4. The van der Waals surface area contributed by atoms with Crippen LogP contribution in [0.4, 0.5) is 5.69 Å². The number of ether oxygens (including phenoxy) is 1. The lowest BCUT2D eigenvalue weighted by atomic mass is 9.91. The molecule has 0 radical (unpaired) electrons. The van der Waals surface area contributed by atoms with Crippen molar-refractivity contribution in [2.45, 2.75) is 57.9 Å². The average Bonchev–Trinajstić information content (AvgIpc) is 3.39. The fraction of sp³-hybridized carbons (Fsp3) is 0.545. The van der Waals surface area contributed by atoms with E-state index >= 15 is 0 Å². The number of hydrazine groups is 1. The zero-order valence-electron chi connectivity index (χ0n) is 17.5. The maximum atomic E-state index is 13.2. The maximum Gasteiger partial charge on any atom is 0.335 e. The monoisotopic (exact) mass is 414 g/mol. The maximum absolute atomic E-state index is 13.2. The molecule has 1 aromatic rings. The van der Waals surface area contributed by atoms with Crippen molar-refractivity contribution >= 4 is 29.5 Å². The van der Waals surface area contributed by atoms with E-state index in [1.807, 2.05) is 26.0 Å². The van der Waals surface area contributed by atoms with E-state index in [1.54, 1.807) is 7.05 Å². The molecule has 7 heteroatoms. The second kappa shape index (κ2) is 8.50. The topological polar surface area (TPSA) is 66.0 Å². The van der Waals surface area contributed by atoms with Crippen molar-refractivity contribution in [3.8, 4) is 0 Å².